The number of hydrogen-bond donors (Lipinski definition) is 0. The van der Waals surface area contributed by atoms with Crippen LogP contribution in [0.2, 0.25) is 0 Å². The normalized spacial score (nSPS) is 46.4. The quantitative estimate of drug-likeness (QED) is 0.406. The molecule has 3 saturated carbocycles. The summed E-state index contributed by atoms with van der Waals surface area (Å²) < 4.78 is 0. The molecule has 2 aromatic rings. The Morgan fingerprint density at radius 2 is 1.72 bits per heavy atom. The molecule has 0 heterocycles. The number of benzene rings is 2. The highest BCUT2D eigenvalue weighted by Crippen LogP contribution is 2.80. The smallest absolute Gasteiger partial charge is 0.00180 e. The van der Waals surface area contributed by atoms with Crippen LogP contribution in [-0.4, -0.2) is 0 Å². The van der Waals surface area contributed by atoms with Crippen LogP contribution >= 0.6 is 0 Å². The summed E-state index contributed by atoms with van der Waals surface area (Å²) in [5, 5.41) is 2.79. The van der Waals surface area contributed by atoms with E-state index in [0.29, 0.717) is 27.6 Å². The van der Waals surface area contributed by atoms with Crippen molar-refractivity contribution in [3.8, 4) is 0 Å². The third-order valence-corrected chi connectivity index (χ3v) is 13.3. The lowest BCUT2D eigenvalue weighted by molar-refractivity contribution is -0.0406. The molecule has 36 heavy (non-hydrogen) atoms. The summed E-state index contributed by atoms with van der Waals surface area (Å²) in [5.74, 6) is 3.40. The van der Waals surface area contributed by atoms with Crippen LogP contribution in [-0.2, 0) is 0 Å². The average Bonchev–Trinajstić information content (AvgIpc) is 3.34. The van der Waals surface area contributed by atoms with E-state index in [0.717, 1.165) is 17.8 Å². The van der Waals surface area contributed by atoms with Crippen molar-refractivity contribution in [1.29, 1.82) is 0 Å². The fourth-order valence-electron chi connectivity index (χ4n) is 11.0. The lowest BCUT2D eigenvalue weighted by atomic mass is 9.43. The number of hydrogen-bond acceptors (Lipinski definition) is 0. The maximum absolute atomic E-state index is 2.74. The average molecular weight is 475 g/mol. The van der Waals surface area contributed by atoms with Gasteiger partial charge >= 0.3 is 0 Å². The molecule has 0 aromatic heterocycles. The second-order valence-electron chi connectivity index (χ2n) is 14.5. The van der Waals surface area contributed by atoms with Crippen LogP contribution in [0, 0.1) is 39.4 Å². The Morgan fingerprint density at radius 3 is 2.56 bits per heavy atom. The molecule has 186 valence electrons. The largest absolute Gasteiger partial charge is 0.0808 e. The van der Waals surface area contributed by atoms with Crippen molar-refractivity contribution in [1.82, 2.24) is 0 Å². The molecule has 0 aliphatic heterocycles. The highest BCUT2D eigenvalue weighted by atomic mass is 14.7. The molecule has 1 unspecified atom stereocenters. The van der Waals surface area contributed by atoms with Crippen LogP contribution in [0.3, 0.4) is 0 Å². The molecule has 6 aliphatic carbocycles. The van der Waals surface area contributed by atoms with Crippen molar-refractivity contribution in [2.24, 2.45) is 39.4 Å². The van der Waals surface area contributed by atoms with E-state index in [4.69, 9.17) is 0 Å². The first-order valence-electron chi connectivity index (χ1n) is 15.0. The number of fused-ring (bicyclic) bond motifs is 2. The predicted molar refractivity (Wildman–Crippen MR) is 151 cm³/mol. The van der Waals surface area contributed by atoms with Gasteiger partial charge in [0, 0.05) is 5.41 Å². The second-order valence-corrected chi connectivity index (χ2v) is 14.5. The number of allylic oxidation sites excluding steroid dienone is 6. The maximum Gasteiger partial charge on any atom is 0.00180 e. The van der Waals surface area contributed by atoms with Gasteiger partial charge in [-0.3, -0.25) is 0 Å². The third kappa shape index (κ3) is 2.57. The van der Waals surface area contributed by atoms with E-state index in [-0.39, 0.29) is 0 Å². The Hall–Kier alpha value is -2.08. The monoisotopic (exact) mass is 474 g/mol. The van der Waals surface area contributed by atoms with Gasteiger partial charge in [0.1, 0.15) is 0 Å². The van der Waals surface area contributed by atoms with Crippen molar-refractivity contribution < 1.29 is 0 Å². The lowest BCUT2D eigenvalue weighted by Gasteiger charge is -2.61. The van der Waals surface area contributed by atoms with Gasteiger partial charge in [-0.1, -0.05) is 87.5 Å². The van der Waals surface area contributed by atoms with Crippen molar-refractivity contribution in [3.05, 3.63) is 83.5 Å². The fourth-order valence-corrected chi connectivity index (χ4v) is 11.0. The molecule has 0 heteroatoms. The maximum atomic E-state index is 2.74. The summed E-state index contributed by atoms with van der Waals surface area (Å²) >= 11 is 0. The van der Waals surface area contributed by atoms with Crippen LogP contribution in [0.15, 0.2) is 77.9 Å². The molecule has 0 N–H and O–H groups in total. The first-order chi connectivity index (χ1) is 17.4. The summed E-state index contributed by atoms with van der Waals surface area (Å²) in [7, 11) is 0. The summed E-state index contributed by atoms with van der Waals surface area (Å²) in [4.78, 5) is 0. The zero-order valence-corrected chi connectivity index (χ0v) is 22.5. The Bertz CT molecular complexity index is 1350. The first kappa shape index (κ1) is 22.0. The van der Waals surface area contributed by atoms with Crippen LogP contribution in [0.5, 0.6) is 0 Å². The van der Waals surface area contributed by atoms with Crippen molar-refractivity contribution in [2.75, 3.05) is 0 Å². The summed E-state index contributed by atoms with van der Waals surface area (Å²) in [5.41, 5.74) is 6.58. The summed E-state index contributed by atoms with van der Waals surface area (Å²) in [6, 6.07) is 16.3. The van der Waals surface area contributed by atoms with Crippen LogP contribution in [0.25, 0.3) is 10.8 Å². The molecule has 2 bridgehead atoms. The molecule has 6 atom stereocenters. The minimum absolute atomic E-state index is 0.336. The van der Waals surface area contributed by atoms with Crippen molar-refractivity contribution in [2.45, 2.75) is 84.5 Å². The number of rotatable bonds is 2. The molecule has 2 spiro atoms. The van der Waals surface area contributed by atoms with Gasteiger partial charge in [0.25, 0.3) is 0 Å². The van der Waals surface area contributed by atoms with E-state index < -0.39 is 0 Å². The van der Waals surface area contributed by atoms with Gasteiger partial charge in [0.15, 0.2) is 0 Å². The Labute approximate surface area is 217 Å². The van der Waals surface area contributed by atoms with Crippen LogP contribution < -0.4 is 0 Å². The topological polar surface area (TPSA) is 0 Å². The zero-order valence-electron chi connectivity index (χ0n) is 22.5. The molecule has 0 saturated heterocycles. The third-order valence-electron chi connectivity index (χ3n) is 13.3. The van der Waals surface area contributed by atoms with Gasteiger partial charge in [-0.15, -0.1) is 0 Å². The van der Waals surface area contributed by atoms with Crippen molar-refractivity contribution >= 4 is 10.8 Å². The highest BCUT2D eigenvalue weighted by molar-refractivity contribution is 5.83. The summed E-state index contributed by atoms with van der Waals surface area (Å²) in [6.45, 7) is 7.87. The van der Waals surface area contributed by atoms with E-state index in [1.54, 1.807) is 16.7 Å². The molecule has 6 aliphatic rings. The standard InChI is InChI=1S/C36H42/c1-24-18-29(19-24)28-10-11-30-21-31-12-14-33(2)32(27-9-8-25-6-4-5-7-26(25)20-27)13-15-34(33,3)36(31)17-16-35(30,22-28)23-36/h4-12,20-21,24,28-29,32H,13-19,22-23H2,1-3H3/t24?,28-,29?,32-,33-,34-,35+,36?/m1/s1. The predicted octanol–water partition coefficient (Wildman–Crippen LogP) is 9.78. The highest BCUT2D eigenvalue weighted by Gasteiger charge is 2.70. The molecule has 3 fully saturated rings. The van der Waals surface area contributed by atoms with Crippen LogP contribution in [0.4, 0.5) is 0 Å². The van der Waals surface area contributed by atoms with Crippen molar-refractivity contribution in [3.63, 3.8) is 0 Å². The van der Waals surface area contributed by atoms with E-state index in [2.05, 4.69) is 87.5 Å². The Balaban J connectivity index is 1.19. The molecule has 2 aromatic carbocycles. The second kappa shape index (κ2) is 7.06. The van der Waals surface area contributed by atoms with Gasteiger partial charge in [0.05, 0.1) is 0 Å². The minimum Gasteiger partial charge on any atom is -0.0808 e. The Kier molecular flexibility index (Phi) is 4.31. The molecule has 0 radical (unpaired) electrons. The molecule has 0 amide bonds. The van der Waals surface area contributed by atoms with Gasteiger partial charge in [-0.2, -0.15) is 0 Å². The summed E-state index contributed by atoms with van der Waals surface area (Å²) in [6.07, 6.45) is 23.2. The van der Waals surface area contributed by atoms with E-state index >= 15 is 0 Å². The molecule has 8 rings (SSSR count). The SMILES string of the molecule is CC1CC([C@@H]2C=CC3=CC4=CC[C@]5(C)[C@@H](c6ccc7ccccc7c6)CC[C@@]5(C)C45CC[C@]3(C2)C5)C1. The Morgan fingerprint density at radius 1 is 0.889 bits per heavy atom. The van der Waals surface area contributed by atoms with Gasteiger partial charge in [-0.05, 0) is 125 Å². The lowest BCUT2D eigenvalue weighted by Crippen LogP contribution is -2.53. The van der Waals surface area contributed by atoms with E-state index in [9.17, 15) is 0 Å². The minimum atomic E-state index is 0.336. The molecular weight excluding hydrogens is 432 g/mol. The fraction of sp³-hybridized carbons (Fsp3) is 0.556. The van der Waals surface area contributed by atoms with Gasteiger partial charge in [0.2, 0.25) is 0 Å². The first-order valence-corrected chi connectivity index (χ1v) is 15.0. The van der Waals surface area contributed by atoms with Gasteiger partial charge in [-0.25, -0.2) is 0 Å². The van der Waals surface area contributed by atoms with Gasteiger partial charge < -0.3 is 0 Å². The van der Waals surface area contributed by atoms with E-state index in [1.165, 1.54) is 68.6 Å². The molecule has 0 nitrogen and oxygen atoms in total. The molecular formula is C36H42. The van der Waals surface area contributed by atoms with Crippen LogP contribution in [0.1, 0.15) is 90.0 Å². The zero-order chi connectivity index (χ0) is 24.3. The van der Waals surface area contributed by atoms with E-state index in [1.807, 2.05) is 0 Å².